The molecular formula is C17H29N3O. The molecule has 0 aliphatic carbocycles. The molecule has 1 N–H and O–H groups in total. The number of pyridine rings is 1. The molecule has 0 amide bonds. The van der Waals surface area contributed by atoms with Crippen LogP contribution in [-0.2, 0) is 17.9 Å². The second-order valence-corrected chi connectivity index (χ2v) is 5.95. The van der Waals surface area contributed by atoms with E-state index < -0.39 is 0 Å². The lowest BCUT2D eigenvalue weighted by Crippen LogP contribution is -2.26. The predicted molar refractivity (Wildman–Crippen MR) is 86.2 cm³/mol. The lowest BCUT2D eigenvalue weighted by molar-refractivity contribution is 0.0993. The first kappa shape index (κ1) is 16.4. The third-order valence-electron chi connectivity index (χ3n) is 4.16. The molecule has 1 unspecified atom stereocenters. The summed E-state index contributed by atoms with van der Waals surface area (Å²) in [6, 6.07) is 4.92. The first-order chi connectivity index (χ1) is 10.3. The molecule has 2 rings (SSSR count). The Morgan fingerprint density at radius 2 is 2.33 bits per heavy atom. The van der Waals surface area contributed by atoms with E-state index in [9.17, 15) is 0 Å². The van der Waals surface area contributed by atoms with Crippen LogP contribution in [0.4, 0.5) is 0 Å². The molecular weight excluding hydrogens is 262 g/mol. The zero-order valence-corrected chi connectivity index (χ0v) is 13.5. The normalized spacial score (nSPS) is 19.2. The Balaban J connectivity index is 1.62. The largest absolute Gasteiger partial charge is 0.375 e. The Morgan fingerprint density at radius 1 is 1.43 bits per heavy atom. The van der Waals surface area contributed by atoms with Crippen molar-refractivity contribution in [2.24, 2.45) is 0 Å². The van der Waals surface area contributed by atoms with E-state index in [1.165, 1.54) is 24.9 Å². The summed E-state index contributed by atoms with van der Waals surface area (Å²) in [5.41, 5.74) is 2.26. The van der Waals surface area contributed by atoms with E-state index in [2.05, 4.69) is 41.3 Å². The van der Waals surface area contributed by atoms with Gasteiger partial charge in [-0.05, 0) is 57.5 Å². The van der Waals surface area contributed by atoms with E-state index in [0.29, 0.717) is 12.6 Å². The number of ether oxygens (including phenoxy) is 1. The van der Waals surface area contributed by atoms with E-state index in [-0.39, 0.29) is 0 Å². The van der Waals surface area contributed by atoms with Crippen LogP contribution in [-0.4, -0.2) is 42.7 Å². The molecule has 0 radical (unpaired) electrons. The minimum atomic E-state index is 0.624. The molecule has 0 saturated carbocycles. The molecule has 1 aromatic heterocycles. The Morgan fingerprint density at radius 3 is 3.00 bits per heavy atom. The standard InChI is InChI=1S/C17H29N3O/c1-3-9-18-12-15-6-7-16(19-13-15)14-21-11-8-17-5-4-10-20(17)2/h6-7,13,17-18H,3-5,8-12,14H2,1-2H3. The number of nitrogens with zero attached hydrogens (tertiary/aromatic N) is 2. The summed E-state index contributed by atoms with van der Waals surface area (Å²) >= 11 is 0. The molecule has 1 aliphatic rings. The van der Waals surface area contributed by atoms with E-state index in [1.54, 1.807) is 0 Å². The van der Waals surface area contributed by atoms with Gasteiger partial charge in [-0.15, -0.1) is 0 Å². The highest BCUT2D eigenvalue weighted by Gasteiger charge is 2.19. The average Bonchev–Trinajstić information content (AvgIpc) is 2.91. The first-order valence-corrected chi connectivity index (χ1v) is 8.22. The SMILES string of the molecule is CCCNCc1ccc(COCCC2CCCN2C)nc1. The third kappa shape index (κ3) is 5.73. The zero-order chi connectivity index (χ0) is 14.9. The lowest BCUT2D eigenvalue weighted by atomic mass is 10.1. The molecule has 4 heteroatoms. The van der Waals surface area contributed by atoms with Crippen LogP contribution in [0.1, 0.15) is 43.9 Å². The molecule has 1 atom stereocenters. The van der Waals surface area contributed by atoms with Gasteiger partial charge in [0.25, 0.3) is 0 Å². The highest BCUT2D eigenvalue weighted by molar-refractivity contribution is 5.13. The Labute approximate surface area is 128 Å². The van der Waals surface area contributed by atoms with Crippen LogP contribution in [0.3, 0.4) is 0 Å². The van der Waals surface area contributed by atoms with Gasteiger partial charge < -0.3 is 15.0 Å². The molecule has 0 aromatic carbocycles. The fourth-order valence-corrected chi connectivity index (χ4v) is 2.79. The fourth-order valence-electron chi connectivity index (χ4n) is 2.79. The van der Waals surface area contributed by atoms with Gasteiger partial charge in [0.15, 0.2) is 0 Å². The number of aromatic nitrogens is 1. The Bertz CT molecular complexity index is 394. The Kier molecular flexibility index (Phi) is 7.13. The van der Waals surface area contributed by atoms with E-state index in [1.807, 2.05) is 6.20 Å². The van der Waals surface area contributed by atoms with Crippen LogP contribution in [0.2, 0.25) is 0 Å². The van der Waals surface area contributed by atoms with Crippen molar-refractivity contribution in [3.05, 3.63) is 29.6 Å². The maximum Gasteiger partial charge on any atom is 0.0887 e. The quantitative estimate of drug-likeness (QED) is 0.710. The highest BCUT2D eigenvalue weighted by atomic mass is 16.5. The smallest absolute Gasteiger partial charge is 0.0887 e. The first-order valence-electron chi connectivity index (χ1n) is 8.22. The maximum atomic E-state index is 5.76. The molecule has 1 aromatic rings. The minimum absolute atomic E-state index is 0.624. The lowest BCUT2D eigenvalue weighted by Gasteiger charge is -2.18. The van der Waals surface area contributed by atoms with Gasteiger partial charge in [0.05, 0.1) is 12.3 Å². The number of hydrogen-bond acceptors (Lipinski definition) is 4. The van der Waals surface area contributed by atoms with Crippen molar-refractivity contribution < 1.29 is 4.74 Å². The molecule has 21 heavy (non-hydrogen) atoms. The molecule has 0 bridgehead atoms. The van der Waals surface area contributed by atoms with Crippen LogP contribution in [0, 0.1) is 0 Å². The molecule has 1 saturated heterocycles. The van der Waals surface area contributed by atoms with E-state index in [0.717, 1.165) is 38.2 Å². The molecule has 1 fully saturated rings. The summed E-state index contributed by atoms with van der Waals surface area (Å²) in [5, 5.41) is 3.38. The van der Waals surface area contributed by atoms with Crippen molar-refractivity contribution >= 4 is 0 Å². The fraction of sp³-hybridized carbons (Fsp3) is 0.706. The summed E-state index contributed by atoms with van der Waals surface area (Å²) in [7, 11) is 2.21. The number of rotatable bonds is 9. The van der Waals surface area contributed by atoms with Gasteiger partial charge >= 0.3 is 0 Å². The monoisotopic (exact) mass is 291 g/mol. The predicted octanol–water partition coefficient (Wildman–Crippen LogP) is 2.58. The second kappa shape index (κ2) is 9.13. The van der Waals surface area contributed by atoms with Crippen molar-refractivity contribution in [2.45, 2.75) is 51.8 Å². The van der Waals surface area contributed by atoms with Gasteiger partial charge in [0.1, 0.15) is 0 Å². The maximum absolute atomic E-state index is 5.76. The summed E-state index contributed by atoms with van der Waals surface area (Å²) < 4.78 is 5.76. The summed E-state index contributed by atoms with van der Waals surface area (Å²) in [6.45, 7) is 6.82. The molecule has 0 spiro atoms. The third-order valence-corrected chi connectivity index (χ3v) is 4.16. The zero-order valence-electron chi connectivity index (χ0n) is 13.5. The van der Waals surface area contributed by atoms with E-state index in [4.69, 9.17) is 4.74 Å². The number of nitrogens with one attached hydrogen (secondary N) is 1. The number of hydrogen-bond donors (Lipinski definition) is 1. The molecule has 1 aliphatic heterocycles. The van der Waals surface area contributed by atoms with Crippen molar-refractivity contribution in [3.8, 4) is 0 Å². The van der Waals surface area contributed by atoms with Gasteiger partial charge in [0.2, 0.25) is 0 Å². The van der Waals surface area contributed by atoms with Gasteiger partial charge in [-0.2, -0.15) is 0 Å². The summed E-state index contributed by atoms with van der Waals surface area (Å²) in [5.74, 6) is 0. The molecule has 2 heterocycles. The highest BCUT2D eigenvalue weighted by Crippen LogP contribution is 2.17. The summed E-state index contributed by atoms with van der Waals surface area (Å²) in [4.78, 5) is 6.91. The topological polar surface area (TPSA) is 37.4 Å². The van der Waals surface area contributed by atoms with Crippen LogP contribution < -0.4 is 5.32 Å². The Hall–Kier alpha value is -0.970. The van der Waals surface area contributed by atoms with Crippen molar-refractivity contribution in [1.29, 1.82) is 0 Å². The average molecular weight is 291 g/mol. The minimum Gasteiger partial charge on any atom is -0.375 e. The van der Waals surface area contributed by atoms with Gasteiger partial charge in [-0.3, -0.25) is 4.98 Å². The van der Waals surface area contributed by atoms with Gasteiger partial charge in [-0.25, -0.2) is 0 Å². The van der Waals surface area contributed by atoms with Crippen LogP contribution in [0.5, 0.6) is 0 Å². The van der Waals surface area contributed by atoms with Gasteiger partial charge in [0, 0.05) is 25.4 Å². The van der Waals surface area contributed by atoms with Crippen molar-refractivity contribution in [3.63, 3.8) is 0 Å². The second-order valence-electron chi connectivity index (χ2n) is 5.95. The van der Waals surface area contributed by atoms with Crippen LogP contribution in [0.25, 0.3) is 0 Å². The summed E-state index contributed by atoms with van der Waals surface area (Å²) in [6.07, 6.45) is 6.89. The van der Waals surface area contributed by atoms with Gasteiger partial charge in [-0.1, -0.05) is 13.0 Å². The van der Waals surface area contributed by atoms with Crippen molar-refractivity contribution in [1.82, 2.24) is 15.2 Å². The van der Waals surface area contributed by atoms with E-state index >= 15 is 0 Å². The van der Waals surface area contributed by atoms with Crippen LogP contribution in [0.15, 0.2) is 18.3 Å². The van der Waals surface area contributed by atoms with Crippen LogP contribution >= 0.6 is 0 Å². The molecule has 118 valence electrons. The molecule has 4 nitrogen and oxygen atoms in total. The number of likely N-dealkylation sites (tertiary alicyclic amines) is 1. The van der Waals surface area contributed by atoms with Crippen molar-refractivity contribution in [2.75, 3.05) is 26.7 Å².